The summed E-state index contributed by atoms with van der Waals surface area (Å²) in [5.74, 6) is 0.312. The molecule has 1 atom stereocenters. The highest BCUT2D eigenvalue weighted by atomic mass is 35.5. The van der Waals surface area contributed by atoms with E-state index in [9.17, 15) is 5.11 Å². The molecule has 0 aliphatic carbocycles. The van der Waals surface area contributed by atoms with E-state index in [0.29, 0.717) is 11.8 Å². The zero-order chi connectivity index (χ0) is 14.4. The lowest BCUT2D eigenvalue weighted by Gasteiger charge is -2.18. The van der Waals surface area contributed by atoms with E-state index in [1.807, 2.05) is 24.3 Å². The second-order valence-electron chi connectivity index (χ2n) is 4.96. The van der Waals surface area contributed by atoms with Gasteiger partial charge in [0.1, 0.15) is 5.75 Å². The first-order valence-electron chi connectivity index (χ1n) is 6.93. The molecule has 0 radical (unpaired) electrons. The summed E-state index contributed by atoms with van der Waals surface area (Å²) in [7, 11) is 0. The molecule has 2 aromatic rings. The number of halogens is 1. The first-order valence-corrected chi connectivity index (χ1v) is 7.31. The zero-order valence-corrected chi connectivity index (χ0v) is 12.4. The van der Waals surface area contributed by atoms with E-state index in [1.165, 1.54) is 11.1 Å². The molecule has 0 spiro atoms. The average molecular weight is 290 g/mol. The van der Waals surface area contributed by atoms with Gasteiger partial charge >= 0.3 is 0 Å². The molecule has 0 aromatic heterocycles. The van der Waals surface area contributed by atoms with Gasteiger partial charge in [-0.25, -0.2) is 0 Å². The summed E-state index contributed by atoms with van der Waals surface area (Å²) in [5, 5.41) is 13.6. The Labute approximate surface area is 125 Å². The number of benzene rings is 2. The Morgan fingerprint density at radius 2 is 1.45 bits per heavy atom. The Bertz CT molecular complexity index is 474. The van der Waals surface area contributed by atoms with E-state index in [0.717, 1.165) is 24.4 Å². The van der Waals surface area contributed by atoms with Crippen molar-refractivity contribution in [3.63, 3.8) is 0 Å². The van der Waals surface area contributed by atoms with Crippen LogP contribution >= 0.6 is 11.6 Å². The van der Waals surface area contributed by atoms with Gasteiger partial charge in [-0.15, -0.1) is 0 Å². The molecular weight excluding hydrogens is 270 g/mol. The van der Waals surface area contributed by atoms with Crippen LogP contribution in [0.4, 0.5) is 0 Å². The molecule has 3 heteroatoms. The molecule has 106 valence electrons. The summed E-state index contributed by atoms with van der Waals surface area (Å²) in [4.78, 5) is 0. The summed E-state index contributed by atoms with van der Waals surface area (Å²) < 4.78 is 0. The van der Waals surface area contributed by atoms with Gasteiger partial charge < -0.3 is 10.4 Å². The van der Waals surface area contributed by atoms with E-state index in [1.54, 1.807) is 12.1 Å². The Kier molecular flexibility index (Phi) is 5.45. The predicted molar refractivity (Wildman–Crippen MR) is 84.4 cm³/mol. The molecule has 2 rings (SSSR count). The highest BCUT2D eigenvalue weighted by Crippen LogP contribution is 2.15. The SMILES string of the molecule is CCNC(Cc1ccc(O)cc1)Cc1ccc(Cl)cc1. The lowest BCUT2D eigenvalue weighted by Crippen LogP contribution is -2.33. The number of phenolic OH excluding ortho intramolecular Hbond substituents is 1. The number of rotatable bonds is 6. The molecule has 0 aliphatic heterocycles. The fraction of sp³-hybridized carbons (Fsp3) is 0.294. The second-order valence-corrected chi connectivity index (χ2v) is 5.39. The Morgan fingerprint density at radius 1 is 0.950 bits per heavy atom. The Hall–Kier alpha value is -1.51. The van der Waals surface area contributed by atoms with Crippen molar-refractivity contribution < 1.29 is 5.11 Å². The van der Waals surface area contributed by atoms with Crippen molar-refractivity contribution >= 4 is 11.6 Å². The van der Waals surface area contributed by atoms with Crippen LogP contribution in [0.15, 0.2) is 48.5 Å². The van der Waals surface area contributed by atoms with Crippen LogP contribution in [0.1, 0.15) is 18.1 Å². The smallest absolute Gasteiger partial charge is 0.115 e. The highest BCUT2D eigenvalue weighted by Gasteiger charge is 2.09. The van der Waals surface area contributed by atoms with Gasteiger partial charge in [-0.05, 0) is 54.8 Å². The fourth-order valence-corrected chi connectivity index (χ4v) is 2.45. The number of nitrogens with one attached hydrogen (secondary N) is 1. The number of likely N-dealkylation sites (N-methyl/N-ethyl adjacent to an activating group) is 1. The van der Waals surface area contributed by atoms with Gasteiger partial charge in [0.2, 0.25) is 0 Å². The summed E-state index contributed by atoms with van der Waals surface area (Å²) in [6.07, 6.45) is 1.91. The quantitative estimate of drug-likeness (QED) is 0.847. The lowest BCUT2D eigenvalue weighted by molar-refractivity contribution is 0.474. The fourth-order valence-electron chi connectivity index (χ4n) is 2.33. The summed E-state index contributed by atoms with van der Waals surface area (Å²) >= 11 is 5.91. The normalized spacial score (nSPS) is 12.3. The molecule has 2 N–H and O–H groups in total. The van der Waals surface area contributed by atoms with Gasteiger partial charge in [0.15, 0.2) is 0 Å². The van der Waals surface area contributed by atoms with Gasteiger partial charge in [0.25, 0.3) is 0 Å². The van der Waals surface area contributed by atoms with Crippen molar-refractivity contribution in [2.75, 3.05) is 6.54 Å². The third-order valence-electron chi connectivity index (χ3n) is 3.31. The van der Waals surface area contributed by atoms with Crippen LogP contribution in [-0.2, 0) is 12.8 Å². The largest absolute Gasteiger partial charge is 0.508 e. The van der Waals surface area contributed by atoms with Crippen molar-refractivity contribution in [2.24, 2.45) is 0 Å². The molecule has 0 saturated heterocycles. The topological polar surface area (TPSA) is 32.3 Å². The Morgan fingerprint density at radius 3 is 1.95 bits per heavy atom. The second kappa shape index (κ2) is 7.32. The lowest BCUT2D eigenvalue weighted by atomic mass is 9.99. The van der Waals surface area contributed by atoms with Crippen LogP contribution in [0.3, 0.4) is 0 Å². The molecule has 1 unspecified atom stereocenters. The maximum atomic E-state index is 9.33. The van der Waals surface area contributed by atoms with Gasteiger partial charge in [-0.1, -0.05) is 42.8 Å². The molecule has 0 aliphatic rings. The minimum atomic E-state index is 0.312. The minimum absolute atomic E-state index is 0.312. The maximum Gasteiger partial charge on any atom is 0.115 e. The number of hydrogen-bond acceptors (Lipinski definition) is 2. The molecule has 20 heavy (non-hydrogen) atoms. The van der Waals surface area contributed by atoms with Crippen molar-refractivity contribution in [3.05, 3.63) is 64.7 Å². The van der Waals surface area contributed by atoms with Gasteiger partial charge in [-0.2, -0.15) is 0 Å². The first-order chi connectivity index (χ1) is 9.67. The van der Waals surface area contributed by atoms with E-state index in [4.69, 9.17) is 11.6 Å². The summed E-state index contributed by atoms with van der Waals surface area (Å²) in [6, 6.07) is 15.8. The third kappa shape index (κ3) is 4.55. The van der Waals surface area contributed by atoms with E-state index < -0.39 is 0 Å². The predicted octanol–water partition coefficient (Wildman–Crippen LogP) is 3.81. The first kappa shape index (κ1) is 14.9. The third-order valence-corrected chi connectivity index (χ3v) is 3.56. The van der Waals surface area contributed by atoms with Gasteiger partial charge in [0, 0.05) is 11.1 Å². The molecular formula is C17H20ClNO. The average Bonchev–Trinajstić information content (AvgIpc) is 2.44. The van der Waals surface area contributed by atoms with Crippen LogP contribution in [-0.4, -0.2) is 17.7 Å². The zero-order valence-electron chi connectivity index (χ0n) is 11.6. The Balaban J connectivity index is 2.02. The van der Waals surface area contributed by atoms with Crippen LogP contribution < -0.4 is 5.32 Å². The van der Waals surface area contributed by atoms with Crippen LogP contribution in [0.25, 0.3) is 0 Å². The monoisotopic (exact) mass is 289 g/mol. The maximum absolute atomic E-state index is 9.33. The van der Waals surface area contributed by atoms with E-state index in [2.05, 4.69) is 24.4 Å². The molecule has 0 bridgehead atoms. The van der Waals surface area contributed by atoms with Crippen molar-refractivity contribution in [1.29, 1.82) is 0 Å². The number of phenols is 1. The van der Waals surface area contributed by atoms with Crippen LogP contribution in [0, 0.1) is 0 Å². The summed E-state index contributed by atoms with van der Waals surface area (Å²) in [5.41, 5.74) is 2.50. The van der Waals surface area contributed by atoms with Crippen LogP contribution in [0.5, 0.6) is 5.75 Å². The number of aromatic hydroxyl groups is 1. The van der Waals surface area contributed by atoms with E-state index in [-0.39, 0.29) is 0 Å². The van der Waals surface area contributed by atoms with E-state index >= 15 is 0 Å². The molecule has 0 saturated carbocycles. The van der Waals surface area contributed by atoms with Gasteiger partial charge in [0.05, 0.1) is 0 Å². The molecule has 0 fully saturated rings. The van der Waals surface area contributed by atoms with Crippen molar-refractivity contribution in [2.45, 2.75) is 25.8 Å². The van der Waals surface area contributed by atoms with Crippen LogP contribution in [0.2, 0.25) is 5.02 Å². The highest BCUT2D eigenvalue weighted by molar-refractivity contribution is 6.30. The van der Waals surface area contributed by atoms with Crippen molar-refractivity contribution in [3.8, 4) is 5.75 Å². The standard InChI is InChI=1S/C17H20ClNO/c1-2-19-16(11-13-3-7-15(18)8-4-13)12-14-5-9-17(20)10-6-14/h3-10,16,19-20H,2,11-12H2,1H3. The van der Waals surface area contributed by atoms with Crippen molar-refractivity contribution in [1.82, 2.24) is 5.32 Å². The minimum Gasteiger partial charge on any atom is -0.508 e. The molecule has 2 aromatic carbocycles. The summed E-state index contributed by atoms with van der Waals surface area (Å²) in [6.45, 7) is 3.06. The molecule has 2 nitrogen and oxygen atoms in total. The van der Waals surface area contributed by atoms with Gasteiger partial charge in [-0.3, -0.25) is 0 Å². The molecule has 0 heterocycles. The molecule has 0 amide bonds. The number of hydrogen-bond donors (Lipinski definition) is 2.